The lowest BCUT2D eigenvalue weighted by Crippen LogP contribution is -2.27. The van der Waals surface area contributed by atoms with E-state index in [1.54, 1.807) is 18.2 Å². The number of halogens is 1. The third kappa shape index (κ3) is 5.75. The monoisotopic (exact) mass is 576 g/mol. The fraction of sp³-hybridized carbons (Fsp3) is 0.0690. The third-order valence-corrected chi connectivity index (χ3v) is 8.15. The lowest BCUT2D eigenvalue weighted by molar-refractivity contribution is -0.123. The maximum absolute atomic E-state index is 13.3. The molecule has 0 aromatic heterocycles. The maximum Gasteiger partial charge on any atom is 0.339 e. The Hall–Kier alpha value is -4.48. The molecule has 1 aliphatic rings. The van der Waals surface area contributed by atoms with Crippen LogP contribution in [0.4, 0.5) is 14.9 Å². The maximum atomic E-state index is 13.3. The van der Waals surface area contributed by atoms with Crippen molar-refractivity contribution < 1.29 is 31.4 Å². The van der Waals surface area contributed by atoms with Gasteiger partial charge < -0.3 is 9.50 Å². The Morgan fingerprint density at radius 3 is 2.38 bits per heavy atom. The minimum atomic E-state index is -4.30. The summed E-state index contributed by atoms with van der Waals surface area (Å²) in [5.74, 6) is -1.32. The van der Waals surface area contributed by atoms with Crippen LogP contribution >= 0.6 is 11.8 Å². The summed E-state index contributed by atoms with van der Waals surface area (Å²) in [5, 5.41) is 3.44. The van der Waals surface area contributed by atoms with Crippen molar-refractivity contribution in [3.8, 4) is 5.75 Å². The van der Waals surface area contributed by atoms with Crippen LogP contribution in [0.1, 0.15) is 18.1 Å². The predicted molar refractivity (Wildman–Crippen MR) is 150 cm³/mol. The van der Waals surface area contributed by atoms with Crippen molar-refractivity contribution in [2.45, 2.75) is 18.4 Å². The largest absolute Gasteiger partial charge is 0.378 e. The first-order valence-corrected chi connectivity index (χ1v) is 14.2. The van der Waals surface area contributed by atoms with Crippen molar-refractivity contribution in [3.63, 3.8) is 0 Å². The van der Waals surface area contributed by atoms with Crippen molar-refractivity contribution in [1.82, 2.24) is 4.90 Å². The summed E-state index contributed by atoms with van der Waals surface area (Å²) in [6.45, 7) is 1.30. The van der Waals surface area contributed by atoms with Crippen LogP contribution in [-0.4, -0.2) is 30.4 Å². The summed E-state index contributed by atoms with van der Waals surface area (Å²) in [7, 11) is -4.30. The zero-order valence-corrected chi connectivity index (χ0v) is 22.6. The van der Waals surface area contributed by atoms with Gasteiger partial charge in [0.1, 0.15) is 10.7 Å². The fourth-order valence-electron chi connectivity index (χ4n) is 4.11. The molecule has 8 nitrogen and oxygen atoms in total. The van der Waals surface area contributed by atoms with Crippen molar-refractivity contribution in [2.24, 2.45) is 0 Å². The SMILES string of the molecule is CC(=O)Nc1ccc(S(=O)(=O)Oc2ccc3ccccc3c2/C=C2\SC(=O)N(Cc3ccc(F)cc3)C2=O)cc1. The molecule has 4 aromatic carbocycles. The average Bonchev–Trinajstić information content (AvgIpc) is 3.18. The summed E-state index contributed by atoms with van der Waals surface area (Å²) in [4.78, 5) is 38.2. The fourth-order valence-corrected chi connectivity index (χ4v) is 5.88. The molecule has 0 unspecified atom stereocenters. The Bertz CT molecular complexity index is 1790. The second-order valence-corrected chi connectivity index (χ2v) is 11.4. The van der Waals surface area contributed by atoms with E-state index in [1.165, 1.54) is 67.6 Å². The average molecular weight is 577 g/mol. The van der Waals surface area contributed by atoms with Gasteiger partial charge in [0.25, 0.3) is 11.1 Å². The van der Waals surface area contributed by atoms with Gasteiger partial charge in [0.2, 0.25) is 5.91 Å². The number of nitrogens with one attached hydrogen (secondary N) is 1. The van der Waals surface area contributed by atoms with Crippen LogP contribution < -0.4 is 9.50 Å². The minimum Gasteiger partial charge on any atom is -0.378 e. The zero-order chi connectivity index (χ0) is 28.4. The van der Waals surface area contributed by atoms with Crippen molar-refractivity contribution >= 4 is 61.5 Å². The number of imide groups is 1. The number of nitrogens with zero attached hydrogens (tertiary/aromatic N) is 1. The number of fused-ring (bicyclic) bond motifs is 1. The number of benzene rings is 4. The van der Waals surface area contributed by atoms with Gasteiger partial charge in [-0.25, -0.2) is 4.39 Å². The van der Waals surface area contributed by atoms with Crippen LogP contribution in [0, 0.1) is 5.82 Å². The van der Waals surface area contributed by atoms with Crippen molar-refractivity contribution in [3.05, 3.63) is 107 Å². The normalized spacial score (nSPS) is 14.7. The van der Waals surface area contributed by atoms with Crippen LogP contribution in [0.3, 0.4) is 0 Å². The number of amides is 3. The van der Waals surface area contributed by atoms with Crippen molar-refractivity contribution in [2.75, 3.05) is 5.32 Å². The summed E-state index contributed by atoms with van der Waals surface area (Å²) in [6.07, 6.45) is 1.45. The van der Waals surface area contributed by atoms with Crippen LogP contribution in [0.2, 0.25) is 0 Å². The van der Waals surface area contributed by atoms with E-state index in [4.69, 9.17) is 4.18 Å². The summed E-state index contributed by atoms with van der Waals surface area (Å²) < 4.78 is 45.2. The first-order chi connectivity index (χ1) is 19.1. The molecule has 3 amide bonds. The molecular formula is C29H21FN2O6S2. The molecule has 5 rings (SSSR count). The Morgan fingerprint density at radius 1 is 0.975 bits per heavy atom. The molecule has 0 spiro atoms. The van der Waals surface area contributed by atoms with Crippen LogP contribution in [-0.2, 0) is 26.3 Å². The first kappa shape index (κ1) is 27.1. The van der Waals surface area contributed by atoms with E-state index in [9.17, 15) is 27.2 Å². The number of rotatable bonds is 7. The number of carbonyl (C=O) groups is 3. The van der Waals surface area contributed by atoms with Crippen LogP contribution in [0.5, 0.6) is 5.75 Å². The van der Waals surface area contributed by atoms with Gasteiger partial charge in [-0.2, -0.15) is 8.42 Å². The molecule has 0 radical (unpaired) electrons. The highest BCUT2D eigenvalue weighted by molar-refractivity contribution is 8.18. The van der Waals surface area contributed by atoms with Crippen molar-refractivity contribution in [1.29, 1.82) is 0 Å². The van der Waals surface area contributed by atoms with Gasteiger partial charge >= 0.3 is 10.1 Å². The van der Waals surface area contributed by atoms with Gasteiger partial charge in [0.15, 0.2) is 5.75 Å². The topological polar surface area (TPSA) is 110 Å². The van der Waals surface area contributed by atoms with E-state index in [2.05, 4.69) is 5.32 Å². The van der Waals surface area contributed by atoms with E-state index in [-0.39, 0.29) is 28.0 Å². The molecule has 4 aromatic rings. The highest BCUT2D eigenvalue weighted by Gasteiger charge is 2.35. The second kappa shape index (κ2) is 10.9. The van der Waals surface area contributed by atoms with E-state index in [1.807, 2.05) is 12.1 Å². The smallest absolute Gasteiger partial charge is 0.339 e. The minimum absolute atomic E-state index is 0.0324. The molecule has 40 heavy (non-hydrogen) atoms. The van der Waals surface area contributed by atoms with Crippen LogP contribution in [0.15, 0.2) is 94.7 Å². The summed E-state index contributed by atoms with van der Waals surface area (Å²) in [6, 6.07) is 21.3. The lowest BCUT2D eigenvalue weighted by atomic mass is 10.0. The highest BCUT2D eigenvalue weighted by Crippen LogP contribution is 2.38. The molecule has 1 fully saturated rings. The molecule has 1 heterocycles. The Morgan fingerprint density at radius 2 is 1.68 bits per heavy atom. The molecule has 0 saturated carbocycles. The molecule has 1 N–H and O–H groups in total. The van der Waals surface area contributed by atoms with E-state index in [0.29, 0.717) is 22.2 Å². The Balaban J connectivity index is 1.49. The number of anilines is 1. The molecule has 0 atom stereocenters. The van der Waals surface area contributed by atoms with Gasteiger partial charge in [-0.15, -0.1) is 0 Å². The number of hydrogen-bond acceptors (Lipinski definition) is 7. The number of hydrogen-bond donors (Lipinski definition) is 1. The Labute approximate surface area is 233 Å². The third-order valence-electron chi connectivity index (χ3n) is 6.00. The van der Waals surface area contributed by atoms with Gasteiger partial charge in [-0.05, 0) is 76.6 Å². The van der Waals surface area contributed by atoms with Gasteiger partial charge in [-0.3, -0.25) is 19.3 Å². The van der Waals surface area contributed by atoms with Crippen LogP contribution in [0.25, 0.3) is 16.8 Å². The molecule has 1 aliphatic heterocycles. The Kier molecular flexibility index (Phi) is 7.42. The number of carbonyl (C=O) groups excluding carboxylic acids is 3. The summed E-state index contributed by atoms with van der Waals surface area (Å²) in [5.41, 5.74) is 1.31. The molecule has 11 heteroatoms. The van der Waals surface area contributed by atoms with Gasteiger partial charge in [0, 0.05) is 18.2 Å². The number of thioether (sulfide) groups is 1. The molecule has 0 bridgehead atoms. The molecule has 1 saturated heterocycles. The predicted octanol–water partition coefficient (Wildman–Crippen LogP) is 5.94. The van der Waals surface area contributed by atoms with Gasteiger partial charge in [-0.1, -0.05) is 42.5 Å². The molecule has 0 aliphatic carbocycles. The zero-order valence-electron chi connectivity index (χ0n) is 21.0. The molecule has 202 valence electrons. The lowest BCUT2D eigenvalue weighted by Gasteiger charge is -2.14. The first-order valence-electron chi connectivity index (χ1n) is 11.9. The molecular weight excluding hydrogens is 555 g/mol. The van der Waals surface area contributed by atoms with E-state index >= 15 is 0 Å². The highest BCUT2D eigenvalue weighted by atomic mass is 32.2. The van der Waals surface area contributed by atoms with E-state index in [0.717, 1.165) is 22.0 Å². The van der Waals surface area contributed by atoms with E-state index < -0.39 is 27.1 Å². The quantitative estimate of drug-likeness (QED) is 0.214. The van der Waals surface area contributed by atoms with Gasteiger partial charge in [0.05, 0.1) is 11.4 Å². The second-order valence-electron chi connectivity index (χ2n) is 8.84. The standard InChI is InChI=1S/C29H21FN2O6S2/c1-18(33)31-22-11-13-23(14-12-22)40(36,37)38-26-15-8-20-4-2-3-5-24(20)25(26)16-27-28(34)32(29(35)39-27)17-19-6-9-21(30)10-7-19/h2-16H,17H2,1H3,(H,31,33)/b27-16-. The summed E-state index contributed by atoms with van der Waals surface area (Å²) >= 11 is 0.722.